The number of ether oxygens (including phenoxy) is 2. The average Bonchev–Trinajstić information content (AvgIpc) is 2.43. The fraction of sp³-hybridized carbons (Fsp3) is 0.467. The number of methoxy groups -OCH3 is 1. The molecule has 1 fully saturated rings. The summed E-state index contributed by atoms with van der Waals surface area (Å²) in [6.07, 6.45) is 2.85. The van der Waals surface area contributed by atoms with Gasteiger partial charge in [-0.05, 0) is 38.0 Å². The van der Waals surface area contributed by atoms with Crippen LogP contribution in [0.25, 0.3) is 0 Å². The number of benzene rings is 1. The molecule has 0 aliphatic heterocycles. The van der Waals surface area contributed by atoms with E-state index in [2.05, 4.69) is 10.9 Å². The van der Waals surface area contributed by atoms with Crippen LogP contribution in [0, 0.1) is 5.92 Å². The lowest BCUT2D eigenvalue weighted by Crippen LogP contribution is -2.46. The lowest BCUT2D eigenvalue weighted by molar-refractivity contribution is -0.128. The SMILES string of the molecule is CCOc1ccc(C(=O)NNC(=O)C2CCC2)cc1OC. The quantitative estimate of drug-likeness (QED) is 0.809. The molecule has 1 aromatic rings. The van der Waals surface area contributed by atoms with Crippen LogP contribution < -0.4 is 20.3 Å². The van der Waals surface area contributed by atoms with E-state index in [1.54, 1.807) is 18.2 Å². The predicted molar refractivity (Wildman–Crippen MR) is 77.1 cm³/mol. The zero-order chi connectivity index (χ0) is 15.2. The van der Waals surface area contributed by atoms with Gasteiger partial charge in [-0.3, -0.25) is 20.4 Å². The third-order valence-corrected chi connectivity index (χ3v) is 3.50. The molecule has 6 heteroatoms. The van der Waals surface area contributed by atoms with Crippen LogP contribution in [0.1, 0.15) is 36.5 Å². The van der Waals surface area contributed by atoms with Crippen molar-refractivity contribution in [2.75, 3.05) is 13.7 Å². The summed E-state index contributed by atoms with van der Waals surface area (Å²) in [5, 5.41) is 0. The lowest BCUT2D eigenvalue weighted by Gasteiger charge is -2.24. The molecular weight excluding hydrogens is 272 g/mol. The van der Waals surface area contributed by atoms with Crippen molar-refractivity contribution >= 4 is 11.8 Å². The molecule has 0 aromatic heterocycles. The summed E-state index contributed by atoms with van der Waals surface area (Å²) in [5.74, 6) is 0.571. The zero-order valence-corrected chi connectivity index (χ0v) is 12.3. The fourth-order valence-electron chi connectivity index (χ4n) is 2.05. The normalized spacial score (nSPS) is 14.0. The van der Waals surface area contributed by atoms with Gasteiger partial charge in [0.25, 0.3) is 5.91 Å². The topological polar surface area (TPSA) is 76.7 Å². The van der Waals surface area contributed by atoms with Crippen LogP contribution in [-0.4, -0.2) is 25.5 Å². The van der Waals surface area contributed by atoms with Crippen LogP contribution >= 0.6 is 0 Å². The molecule has 0 unspecified atom stereocenters. The van der Waals surface area contributed by atoms with Crippen molar-refractivity contribution in [1.82, 2.24) is 10.9 Å². The molecule has 21 heavy (non-hydrogen) atoms. The molecular formula is C15H20N2O4. The van der Waals surface area contributed by atoms with Gasteiger partial charge < -0.3 is 9.47 Å². The maximum absolute atomic E-state index is 12.0. The standard InChI is InChI=1S/C15H20N2O4/c1-3-21-12-8-7-11(9-13(12)20-2)15(19)17-16-14(18)10-5-4-6-10/h7-10H,3-6H2,1-2H3,(H,16,18)(H,17,19). The molecule has 0 radical (unpaired) electrons. The molecule has 1 saturated carbocycles. The number of rotatable bonds is 5. The van der Waals surface area contributed by atoms with Crippen LogP contribution in [0.4, 0.5) is 0 Å². The second kappa shape index (κ2) is 6.97. The number of nitrogens with one attached hydrogen (secondary N) is 2. The number of carbonyl (C=O) groups excluding carboxylic acids is 2. The van der Waals surface area contributed by atoms with Crippen molar-refractivity contribution in [2.24, 2.45) is 5.92 Å². The van der Waals surface area contributed by atoms with Gasteiger partial charge in [0, 0.05) is 11.5 Å². The zero-order valence-electron chi connectivity index (χ0n) is 12.3. The van der Waals surface area contributed by atoms with Crippen LogP contribution in [0.2, 0.25) is 0 Å². The second-order valence-electron chi connectivity index (χ2n) is 4.87. The summed E-state index contributed by atoms with van der Waals surface area (Å²) in [6.45, 7) is 2.38. The molecule has 2 rings (SSSR count). The Kier molecular flexibility index (Phi) is 5.03. The highest BCUT2D eigenvalue weighted by molar-refractivity contribution is 5.96. The van der Waals surface area contributed by atoms with Gasteiger partial charge in [0.2, 0.25) is 5.91 Å². The first-order valence-corrected chi connectivity index (χ1v) is 7.06. The van der Waals surface area contributed by atoms with Gasteiger partial charge >= 0.3 is 0 Å². The average molecular weight is 292 g/mol. The maximum Gasteiger partial charge on any atom is 0.269 e. The first-order chi connectivity index (χ1) is 10.2. The Labute approximate surface area is 123 Å². The molecule has 0 heterocycles. The predicted octanol–water partition coefficient (Wildman–Crippen LogP) is 1.65. The first-order valence-electron chi connectivity index (χ1n) is 7.06. The minimum absolute atomic E-state index is 0.0279. The van der Waals surface area contributed by atoms with Crippen molar-refractivity contribution in [1.29, 1.82) is 0 Å². The molecule has 1 aliphatic carbocycles. The Morgan fingerprint density at radius 2 is 2.00 bits per heavy atom. The van der Waals surface area contributed by atoms with Crippen molar-refractivity contribution in [2.45, 2.75) is 26.2 Å². The summed E-state index contributed by atoms with van der Waals surface area (Å²) in [7, 11) is 1.51. The maximum atomic E-state index is 12.0. The van der Waals surface area contributed by atoms with Crippen LogP contribution in [0.5, 0.6) is 11.5 Å². The monoisotopic (exact) mass is 292 g/mol. The van der Waals surface area contributed by atoms with E-state index in [4.69, 9.17) is 9.47 Å². The number of amides is 2. The molecule has 0 atom stereocenters. The highest BCUT2D eigenvalue weighted by Crippen LogP contribution is 2.28. The lowest BCUT2D eigenvalue weighted by atomic mass is 9.85. The fourth-order valence-corrected chi connectivity index (χ4v) is 2.05. The van der Waals surface area contributed by atoms with Crippen molar-refractivity contribution in [3.8, 4) is 11.5 Å². The molecule has 0 bridgehead atoms. The smallest absolute Gasteiger partial charge is 0.269 e. The Morgan fingerprint density at radius 1 is 1.24 bits per heavy atom. The molecule has 1 aromatic carbocycles. The molecule has 0 saturated heterocycles. The second-order valence-corrected chi connectivity index (χ2v) is 4.87. The summed E-state index contributed by atoms with van der Waals surface area (Å²) in [4.78, 5) is 23.6. The Hall–Kier alpha value is -2.24. The Bertz CT molecular complexity index is 526. The van der Waals surface area contributed by atoms with E-state index in [1.165, 1.54) is 7.11 Å². The van der Waals surface area contributed by atoms with E-state index in [-0.39, 0.29) is 17.7 Å². The number of hydrogen-bond acceptors (Lipinski definition) is 4. The van der Waals surface area contributed by atoms with Gasteiger partial charge in [-0.15, -0.1) is 0 Å². The van der Waals surface area contributed by atoms with Crippen LogP contribution in [0.3, 0.4) is 0 Å². The van der Waals surface area contributed by atoms with Gasteiger partial charge in [-0.1, -0.05) is 6.42 Å². The Balaban J connectivity index is 1.96. The molecule has 0 spiro atoms. The number of hydrogen-bond donors (Lipinski definition) is 2. The number of carbonyl (C=O) groups is 2. The minimum atomic E-state index is -0.385. The van der Waals surface area contributed by atoms with Crippen LogP contribution in [0.15, 0.2) is 18.2 Å². The molecule has 114 valence electrons. The Morgan fingerprint density at radius 3 is 2.57 bits per heavy atom. The van der Waals surface area contributed by atoms with E-state index >= 15 is 0 Å². The van der Waals surface area contributed by atoms with Crippen molar-refractivity contribution < 1.29 is 19.1 Å². The number of hydrazine groups is 1. The summed E-state index contributed by atoms with van der Waals surface area (Å²) < 4.78 is 10.6. The van der Waals surface area contributed by atoms with E-state index in [1.807, 2.05) is 6.92 Å². The summed E-state index contributed by atoms with van der Waals surface area (Å²) in [6, 6.07) is 4.87. The van der Waals surface area contributed by atoms with E-state index in [0.717, 1.165) is 19.3 Å². The van der Waals surface area contributed by atoms with E-state index in [9.17, 15) is 9.59 Å². The van der Waals surface area contributed by atoms with Gasteiger partial charge in [0.15, 0.2) is 11.5 Å². The third kappa shape index (κ3) is 3.65. The molecule has 2 N–H and O–H groups in total. The van der Waals surface area contributed by atoms with E-state index in [0.29, 0.717) is 23.7 Å². The highest BCUT2D eigenvalue weighted by Gasteiger charge is 2.25. The summed E-state index contributed by atoms with van der Waals surface area (Å²) >= 11 is 0. The van der Waals surface area contributed by atoms with Crippen molar-refractivity contribution in [3.63, 3.8) is 0 Å². The summed E-state index contributed by atoms with van der Waals surface area (Å²) in [5.41, 5.74) is 5.26. The minimum Gasteiger partial charge on any atom is -0.493 e. The highest BCUT2D eigenvalue weighted by atomic mass is 16.5. The molecule has 6 nitrogen and oxygen atoms in total. The van der Waals surface area contributed by atoms with Gasteiger partial charge in [0.05, 0.1) is 13.7 Å². The third-order valence-electron chi connectivity index (χ3n) is 3.50. The molecule has 2 amide bonds. The molecule has 1 aliphatic rings. The van der Waals surface area contributed by atoms with Gasteiger partial charge in [-0.25, -0.2) is 0 Å². The van der Waals surface area contributed by atoms with E-state index < -0.39 is 0 Å². The van der Waals surface area contributed by atoms with Gasteiger partial charge in [0.1, 0.15) is 0 Å². The van der Waals surface area contributed by atoms with Crippen molar-refractivity contribution in [3.05, 3.63) is 23.8 Å². The first kappa shape index (κ1) is 15.2. The van der Waals surface area contributed by atoms with Gasteiger partial charge in [-0.2, -0.15) is 0 Å². The van der Waals surface area contributed by atoms with Crippen LogP contribution in [-0.2, 0) is 4.79 Å². The largest absolute Gasteiger partial charge is 0.493 e.